The quantitative estimate of drug-likeness (QED) is 0.380. The third kappa shape index (κ3) is 6.31. The molecule has 6 nitrogen and oxygen atoms in total. The first-order valence-electron chi connectivity index (χ1n) is 11.9. The van der Waals surface area contributed by atoms with Crippen molar-refractivity contribution in [3.05, 3.63) is 66.1 Å². The first-order chi connectivity index (χ1) is 17.0. The van der Waals surface area contributed by atoms with Gasteiger partial charge in [0.2, 0.25) is 0 Å². The van der Waals surface area contributed by atoms with Crippen LogP contribution in [0.3, 0.4) is 0 Å². The van der Waals surface area contributed by atoms with Crippen LogP contribution < -0.4 is 4.74 Å². The van der Waals surface area contributed by atoms with Crippen LogP contribution in [0.25, 0.3) is 10.9 Å². The lowest BCUT2D eigenvalue weighted by Crippen LogP contribution is -2.44. The molecule has 0 aliphatic carbocycles. The van der Waals surface area contributed by atoms with Gasteiger partial charge < -0.3 is 19.8 Å². The summed E-state index contributed by atoms with van der Waals surface area (Å²) in [5.41, 5.74) is 0.766. The molecule has 1 fully saturated rings. The first kappa shape index (κ1) is 25.4. The molecule has 3 aromatic rings. The minimum Gasteiger partial charge on any atom is -0.497 e. The van der Waals surface area contributed by atoms with Gasteiger partial charge in [0, 0.05) is 34.7 Å². The van der Waals surface area contributed by atoms with Crippen LogP contribution in [0.5, 0.6) is 5.75 Å². The molecule has 0 radical (unpaired) electrons. The summed E-state index contributed by atoms with van der Waals surface area (Å²) in [6, 6.07) is 15.3. The highest BCUT2D eigenvalue weighted by molar-refractivity contribution is 7.99. The van der Waals surface area contributed by atoms with E-state index in [0.717, 1.165) is 31.5 Å². The topological polar surface area (TPSA) is 82.9 Å². The molecule has 0 unspecified atom stereocenters. The number of likely N-dealkylation sites (tertiary alicyclic amines) is 1. The van der Waals surface area contributed by atoms with Crippen molar-refractivity contribution in [1.29, 1.82) is 0 Å². The summed E-state index contributed by atoms with van der Waals surface area (Å²) in [5, 5.41) is 21.3. The van der Waals surface area contributed by atoms with Crippen LogP contribution in [0.2, 0.25) is 0 Å². The van der Waals surface area contributed by atoms with E-state index in [1.807, 2.05) is 18.2 Å². The minimum atomic E-state index is -1.05. The largest absolute Gasteiger partial charge is 0.497 e. The fraction of sp³-hybridized carbons (Fsp3) is 0.407. The molecule has 4 rings (SSSR count). The summed E-state index contributed by atoms with van der Waals surface area (Å²) < 4.78 is 20.0. The molecule has 35 heavy (non-hydrogen) atoms. The van der Waals surface area contributed by atoms with Gasteiger partial charge in [-0.2, -0.15) is 0 Å². The van der Waals surface area contributed by atoms with Crippen molar-refractivity contribution in [1.82, 2.24) is 9.88 Å². The number of methoxy groups -OCH3 is 1. The highest BCUT2D eigenvalue weighted by Gasteiger charge is 2.34. The number of ether oxygens (including phenoxy) is 1. The first-order valence-corrected chi connectivity index (χ1v) is 12.9. The SMILES string of the molecule is COc1ccc2ncc(F)c([C@@H](O)CC[C@H]3CCN(CCSc4ccccc4)C[C@H]3C(=O)O)c2c1. The Bertz CT molecular complexity index is 1150. The number of carboxylic acid groups (broad SMARTS) is 1. The third-order valence-corrected chi connectivity index (χ3v) is 7.78. The Kier molecular flexibility index (Phi) is 8.59. The molecular weight excluding hydrogens is 467 g/mol. The van der Waals surface area contributed by atoms with Crippen molar-refractivity contribution in [3.8, 4) is 5.75 Å². The van der Waals surface area contributed by atoms with E-state index in [0.29, 0.717) is 29.6 Å². The van der Waals surface area contributed by atoms with Crippen LogP contribution in [0.1, 0.15) is 30.9 Å². The molecular formula is C27H31FN2O4S. The van der Waals surface area contributed by atoms with Gasteiger partial charge in [-0.1, -0.05) is 18.2 Å². The van der Waals surface area contributed by atoms with E-state index in [2.05, 4.69) is 22.0 Å². The lowest BCUT2D eigenvalue weighted by Gasteiger charge is -2.37. The molecule has 2 heterocycles. The van der Waals surface area contributed by atoms with E-state index < -0.39 is 23.8 Å². The van der Waals surface area contributed by atoms with Gasteiger partial charge in [0.15, 0.2) is 0 Å². The molecule has 186 valence electrons. The molecule has 0 bridgehead atoms. The zero-order valence-electron chi connectivity index (χ0n) is 19.8. The van der Waals surface area contributed by atoms with Gasteiger partial charge >= 0.3 is 5.97 Å². The Morgan fingerprint density at radius 3 is 2.83 bits per heavy atom. The maximum Gasteiger partial charge on any atom is 0.308 e. The number of benzene rings is 2. The number of rotatable bonds is 10. The second-order valence-corrected chi connectivity index (χ2v) is 10.1. The predicted molar refractivity (Wildman–Crippen MR) is 135 cm³/mol. The molecule has 2 aromatic carbocycles. The fourth-order valence-corrected chi connectivity index (χ4v) is 5.79. The fourth-order valence-electron chi connectivity index (χ4n) is 4.86. The average molecular weight is 499 g/mol. The van der Waals surface area contributed by atoms with Crippen molar-refractivity contribution in [3.63, 3.8) is 0 Å². The van der Waals surface area contributed by atoms with Crippen molar-refractivity contribution >= 4 is 28.6 Å². The van der Waals surface area contributed by atoms with E-state index in [9.17, 15) is 19.4 Å². The number of nitrogens with zero attached hydrogens (tertiary/aromatic N) is 2. The molecule has 0 saturated carbocycles. The number of aliphatic carboxylic acids is 1. The monoisotopic (exact) mass is 498 g/mol. The number of hydrogen-bond acceptors (Lipinski definition) is 6. The summed E-state index contributed by atoms with van der Waals surface area (Å²) in [4.78, 5) is 19.6. The summed E-state index contributed by atoms with van der Waals surface area (Å²) >= 11 is 1.77. The van der Waals surface area contributed by atoms with E-state index in [1.54, 1.807) is 30.0 Å². The molecule has 0 spiro atoms. The van der Waals surface area contributed by atoms with E-state index >= 15 is 0 Å². The molecule has 8 heteroatoms. The summed E-state index contributed by atoms with van der Waals surface area (Å²) in [5.74, 6) is -0.490. The number of fused-ring (bicyclic) bond motifs is 1. The van der Waals surface area contributed by atoms with Crippen LogP contribution in [0.4, 0.5) is 4.39 Å². The normalized spacial score (nSPS) is 19.5. The van der Waals surface area contributed by atoms with Gasteiger partial charge in [0.25, 0.3) is 0 Å². The number of aliphatic hydroxyl groups is 1. The Balaban J connectivity index is 1.37. The summed E-state index contributed by atoms with van der Waals surface area (Å²) in [6.07, 6.45) is 1.61. The average Bonchev–Trinajstić information content (AvgIpc) is 2.87. The van der Waals surface area contributed by atoms with Crippen LogP contribution >= 0.6 is 11.8 Å². The van der Waals surface area contributed by atoms with E-state index in [1.165, 1.54) is 12.0 Å². The smallest absolute Gasteiger partial charge is 0.308 e. The lowest BCUT2D eigenvalue weighted by molar-refractivity contribution is -0.146. The maximum atomic E-state index is 14.7. The van der Waals surface area contributed by atoms with Crippen LogP contribution in [-0.4, -0.2) is 58.6 Å². The molecule has 2 N–H and O–H groups in total. The number of aliphatic hydroxyl groups excluding tert-OH is 1. The van der Waals surface area contributed by atoms with E-state index in [-0.39, 0.29) is 17.9 Å². The number of hydrogen-bond donors (Lipinski definition) is 2. The van der Waals surface area contributed by atoms with Crippen LogP contribution in [0.15, 0.2) is 59.6 Å². The highest BCUT2D eigenvalue weighted by Crippen LogP contribution is 2.35. The van der Waals surface area contributed by atoms with Gasteiger partial charge in [0.1, 0.15) is 11.6 Å². The Hall–Kier alpha value is -2.68. The second kappa shape index (κ2) is 11.8. The lowest BCUT2D eigenvalue weighted by atomic mass is 9.81. The van der Waals surface area contributed by atoms with Crippen molar-refractivity contribution in [2.45, 2.75) is 30.3 Å². The van der Waals surface area contributed by atoms with Crippen molar-refractivity contribution in [2.75, 3.05) is 32.5 Å². The van der Waals surface area contributed by atoms with Gasteiger partial charge in [-0.15, -0.1) is 11.8 Å². The zero-order chi connectivity index (χ0) is 24.8. The number of aromatic nitrogens is 1. The summed E-state index contributed by atoms with van der Waals surface area (Å²) in [6.45, 7) is 2.15. The Morgan fingerprint density at radius 1 is 1.29 bits per heavy atom. The van der Waals surface area contributed by atoms with Gasteiger partial charge in [-0.05, 0) is 62.1 Å². The number of thioether (sulfide) groups is 1. The Morgan fingerprint density at radius 2 is 2.09 bits per heavy atom. The minimum absolute atomic E-state index is 0.0640. The van der Waals surface area contributed by atoms with Gasteiger partial charge in [0.05, 0.1) is 30.8 Å². The molecule has 1 aromatic heterocycles. The number of piperidine rings is 1. The standard InChI is InChI=1S/C27H31FN2O4S/c1-34-19-8-9-24-21(15-19)26(23(28)16-29-24)25(31)10-7-18-11-12-30(17-22(18)27(32)33)13-14-35-20-5-3-2-4-6-20/h2-6,8-9,15-16,18,22,25,31H,7,10-14,17H2,1H3,(H,32,33)/t18-,22+,25-/m0/s1. The van der Waals surface area contributed by atoms with Crippen molar-refractivity contribution < 1.29 is 24.1 Å². The van der Waals surface area contributed by atoms with Crippen LogP contribution in [-0.2, 0) is 4.79 Å². The number of halogens is 1. The summed E-state index contributed by atoms with van der Waals surface area (Å²) in [7, 11) is 1.53. The van der Waals surface area contributed by atoms with E-state index in [4.69, 9.17) is 4.74 Å². The molecule has 0 amide bonds. The van der Waals surface area contributed by atoms with Crippen molar-refractivity contribution in [2.24, 2.45) is 11.8 Å². The van der Waals surface area contributed by atoms with Crippen LogP contribution in [0, 0.1) is 17.7 Å². The van der Waals surface area contributed by atoms with Gasteiger partial charge in [-0.25, -0.2) is 4.39 Å². The zero-order valence-corrected chi connectivity index (χ0v) is 20.6. The number of carboxylic acids is 1. The molecule has 3 atom stereocenters. The highest BCUT2D eigenvalue weighted by atomic mass is 32.2. The molecule has 1 saturated heterocycles. The number of carbonyl (C=O) groups is 1. The number of pyridine rings is 1. The second-order valence-electron chi connectivity index (χ2n) is 8.95. The Labute approximate surface area is 209 Å². The third-order valence-electron chi connectivity index (χ3n) is 6.79. The van der Waals surface area contributed by atoms with Gasteiger partial charge in [-0.3, -0.25) is 9.78 Å². The molecule has 1 aliphatic rings. The molecule has 1 aliphatic heterocycles. The maximum absolute atomic E-state index is 14.7. The predicted octanol–water partition coefficient (Wildman–Crippen LogP) is 5.01.